The Morgan fingerprint density at radius 2 is 0.617 bits per heavy atom. The third kappa shape index (κ3) is 7.85. The van der Waals surface area contributed by atoms with Gasteiger partial charge in [-0.15, -0.1) is 0 Å². The quantitative estimate of drug-likeness (QED) is 0.0631. The molecule has 0 saturated carbocycles. The monoisotopic (exact) mass is 806 g/mol. The van der Waals surface area contributed by atoms with Gasteiger partial charge in [-0.3, -0.25) is 0 Å². The molecule has 0 radical (unpaired) electrons. The van der Waals surface area contributed by atoms with E-state index in [1.165, 1.54) is 0 Å². The predicted octanol–water partition coefficient (Wildman–Crippen LogP) is 9.94. The maximum atomic E-state index is 13.2. The highest BCUT2D eigenvalue weighted by Crippen LogP contribution is 2.61. The van der Waals surface area contributed by atoms with Crippen molar-refractivity contribution >= 4 is 51.4 Å². The average Bonchev–Trinajstić information content (AvgIpc) is 3.63. The van der Waals surface area contributed by atoms with E-state index in [0.717, 1.165) is 49.4 Å². The van der Waals surface area contributed by atoms with Crippen molar-refractivity contribution in [1.82, 2.24) is 0 Å². The summed E-state index contributed by atoms with van der Waals surface area (Å²) < 4.78 is 26.8. The number of benzene rings is 6. The van der Waals surface area contributed by atoms with Crippen LogP contribution in [0.15, 0.2) is 109 Å². The molecule has 0 aromatic heterocycles. The van der Waals surface area contributed by atoms with Crippen molar-refractivity contribution in [1.29, 1.82) is 0 Å². The first kappa shape index (κ1) is 41.4. The first-order valence-corrected chi connectivity index (χ1v) is 20.3. The summed E-state index contributed by atoms with van der Waals surface area (Å²) in [6, 6.07) is 33.3. The Kier molecular flexibility index (Phi) is 12.4. The van der Waals surface area contributed by atoms with Gasteiger partial charge >= 0.3 is 29.8 Å². The van der Waals surface area contributed by atoms with Crippen LogP contribution in [0, 0.1) is 0 Å². The van der Waals surface area contributed by atoms with Gasteiger partial charge in [0, 0.05) is 17.8 Å². The highest BCUT2D eigenvalue weighted by atomic mass is 16.5. The highest BCUT2D eigenvalue weighted by Gasteiger charge is 2.45. The maximum absolute atomic E-state index is 13.2. The zero-order valence-corrected chi connectivity index (χ0v) is 34.2. The Morgan fingerprint density at radius 1 is 0.350 bits per heavy atom. The zero-order chi connectivity index (χ0) is 42.5. The van der Waals surface area contributed by atoms with E-state index in [-0.39, 0.29) is 50.8 Å². The Balaban J connectivity index is 1.58. The SMILES string of the molecule is CCOC(=O)c1ccc(C2[C@H](c3ccc(C(=O)OCC)cc3)c3c(c4ccc(C(=O)OCC)cc4c4cc(C(=O)OCC)ccc34)[C@@H]2c2ccc(C(=O)OCC)cc2)cc1. The first-order valence-electron chi connectivity index (χ1n) is 20.3. The number of esters is 5. The molecule has 1 unspecified atom stereocenters. The molecule has 10 nitrogen and oxygen atoms in total. The molecule has 0 amide bonds. The van der Waals surface area contributed by atoms with Crippen LogP contribution in [-0.4, -0.2) is 62.9 Å². The Labute approximate surface area is 348 Å². The smallest absolute Gasteiger partial charge is 0.338 e. The van der Waals surface area contributed by atoms with E-state index in [2.05, 4.69) is 0 Å². The molecule has 1 aliphatic carbocycles. The highest BCUT2D eigenvalue weighted by molar-refractivity contribution is 6.15. The Bertz CT molecular complexity index is 2440. The van der Waals surface area contributed by atoms with E-state index in [4.69, 9.17) is 23.7 Å². The van der Waals surface area contributed by atoms with E-state index >= 15 is 0 Å². The van der Waals surface area contributed by atoms with Gasteiger partial charge in [-0.2, -0.15) is 0 Å². The number of hydrogen-bond donors (Lipinski definition) is 0. The summed E-state index contributed by atoms with van der Waals surface area (Å²) in [6.07, 6.45) is 0. The van der Waals surface area contributed by atoms with Gasteiger partial charge in [0.1, 0.15) is 0 Å². The molecule has 0 bridgehead atoms. The fourth-order valence-corrected chi connectivity index (χ4v) is 8.47. The molecular weight excluding hydrogens is 761 g/mol. The fraction of sp³-hybridized carbons (Fsp3) is 0.260. The van der Waals surface area contributed by atoms with Gasteiger partial charge in [0.05, 0.1) is 60.9 Å². The first-order chi connectivity index (χ1) is 29.1. The number of rotatable bonds is 13. The van der Waals surface area contributed by atoms with Crippen LogP contribution in [0.5, 0.6) is 0 Å². The summed E-state index contributed by atoms with van der Waals surface area (Å²) >= 11 is 0. The molecule has 306 valence electrons. The van der Waals surface area contributed by atoms with Gasteiger partial charge in [-0.1, -0.05) is 48.5 Å². The van der Waals surface area contributed by atoms with E-state index in [9.17, 15) is 24.0 Å². The van der Waals surface area contributed by atoms with Crippen LogP contribution in [0.25, 0.3) is 21.5 Å². The third-order valence-electron chi connectivity index (χ3n) is 10.9. The zero-order valence-electron chi connectivity index (χ0n) is 34.2. The molecule has 6 aromatic rings. The van der Waals surface area contributed by atoms with Crippen molar-refractivity contribution < 1.29 is 47.7 Å². The summed E-state index contributed by atoms with van der Waals surface area (Å²) in [5.74, 6) is -3.26. The minimum Gasteiger partial charge on any atom is -0.462 e. The van der Waals surface area contributed by atoms with Gasteiger partial charge in [-0.05, 0) is 145 Å². The van der Waals surface area contributed by atoms with Crippen LogP contribution < -0.4 is 0 Å². The maximum Gasteiger partial charge on any atom is 0.338 e. The number of carbonyl (C=O) groups excluding carboxylic acids is 5. The lowest BCUT2D eigenvalue weighted by Gasteiger charge is -2.28. The second kappa shape index (κ2) is 18.0. The van der Waals surface area contributed by atoms with Crippen LogP contribution in [0.1, 0.15) is 132 Å². The molecule has 0 N–H and O–H groups in total. The average molecular weight is 807 g/mol. The topological polar surface area (TPSA) is 132 Å². The van der Waals surface area contributed by atoms with Crippen molar-refractivity contribution in [2.75, 3.05) is 33.0 Å². The van der Waals surface area contributed by atoms with Crippen molar-refractivity contribution in [3.05, 3.63) is 165 Å². The van der Waals surface area contributed by atoms with E-state index in [1.807, 2.05) is 60.7 Å². The molecule has 60 heavy (non-hydrogen) atoms. The number of hydrogen-bond acceptors (Lipinski definition) is 10. The summed E-state index contributed by atoms with van der Waals surface area (Å²) in [5, 5.41) is 3.18. The van der Waals surface area contributed by atoms with Gasteiger partial charge in [0.15, 0.2) is 0 Å². The van der Waals surface area contributed by atoms with Gasteiger partial charge in [0.2, 0.25) is 0 Å². The van der Waals surface area contributed by atoms with Crippen LogP contribution in [0.3, 0.4) is 0 Å². The summed E-state index contributed by atoms with van der Waals surface area (Å²) in [7, 11) is 0. The van der Waals surface area contributed by atoms with Gasteiger partial charge in [-0.25, -0.2) is 24.0 Å². The number of carbonyl (C=O) groups is 5. The van der Waals surface area contributed by atoms with E-state index in [0.29, 0.717) is 27.8 Å². The normalized spacial score (nSPS) is 15.6. The summed E-state index contributed by atoms with van der Waals surface area (Å²) in [5.41, 5.74) is 6.67. The number of ether oxygens (including phenoxy) is 5. The third-order valence-corrected chi connectivity index (χ3v) is 10.9. The minimum atomic E-state index is -0.472. The molecule has 1 aliphatic rings. The largest absolute Gasteiger partial charge is 0.462 e. The Morgan fingerprint density at radius 3 is 0.917 bits per heavy atom. The van der Waals surface area contributed by atoms with Gasteiger partial charge in [0.25, 0.3) is 0 Å². The second-order valence-corrected chi connectivity index (χ2v) is 14.3. The molecule has 0 spiro atoms. The van der Waals surface area contributed by atoms with Crippen molar-refractivity contribution in [2.24, 2.45) is 0 Å². The van der Waals surface area contributed by atoms with E-state index < -0.39 is 29.8 Å². The van der Waals surface area contributed by atoms with Crippen molar-refractivity contribution in [2.45, 2.75) is 52.4 Å². The molecule has 7 rings (SSSR count). The number of fused-ring (bicyclic) bond motifs is 6. The van der Waals surface area contributed by atoms with Gasteiger partial charge < -0.3 is 23.7 Å². The lowest BCUT2D eigenvalue weighted by atomic mass is 9.75. The van der Waals surface area contributed by atoms with Crippen LogP contribution in [-0.2, 0) is 23.7 Å². The fourth-order valence-electron chi connectivity index (χ4n) is 8.47. The molecular formula is C50H46O10. The van der Waals surface area contributed by atoms with E-state index in [1.54, 1.807) is 83.1 Å². The standard InChI is InChI=1S/C50H46O10/c1-6-56-46(51)32-17-11-29(12-18-32)41-42(30-13-19-33(20-14-30)47(52)57-7-2)44-37-25-23-35(49(54)59-9-4)27-39(37)40-28-36(50(55)60-10-5)24-26-38(40)45(44)43(41)31-15-21-34(22-16-31)48(53)58-8-3/h11-28,41-43H,6-10H2,1-5H3/t41?,42-,43+. The minimum absolute atomic E-state index is 0.200. The predicted molar refractivity (Wildman–Crippen MR) is 227 cm³/mol. The molecule has 0 heterocycles. The Hall–Kier alpha value is -6.81. The molecule has 10 heteroatoms. The lowest BCUT2D eigenvalue weighted by molar-refractivity contribution is 0.0516. The molecule has 0 saturated heterocycles. The summed E-state index contributed by atoms with van der Waals surface area (Å²) in [4.78, 5) is 65.1. The molecule has 0 fully saturated rings. The molecule has 6 aromatic carbocycles. The molecule has 0 aliphatic heterocycles. The van der Waals surface area contributed by atoms with Crippen LogP contribution >= 0.6 is 0 Å². The van der Waals surface area contributed by atoms with Crippen molar-refractivity contribution in [3.8, 4) is 0 Å². The van der Waals surface area contributed by atoms with Crippen LogP contribution in [0.4, 0.5) is 0 Å². The second-order valence-electron chi connectivity index (χ2n) is 14.3. The van der Waals surface area contributed by atoms with Crippen molar-refractivity contribution in [3.63, 3.8) is 0 Å². The lowest BCUT2D eigenvalue weighted by Crippen LogP contribution is -2.15. The van der Waals surface area contributed by atoms with Crippen LogP contribution in [0.2, 0.25) is 0 Å². The summed E-state index contributed by atoms with van der Waals surface area (Å²) in [6.45, 7) is 9.91. The molecule has 3 atom stereocenters.